The maximum atomic E-state index is 12.2. The van der Waals surface area contributed by atoms with Crippen LogP contribution in [0.25, 0.3) is 0 Å². The first-order chi connectivity index (χ1) is 13.2. The van der Waals surface area contributed by atoms with Crippen LogP contribution in [0, 0.1) is 11.8 Å². The molecule has 2 aliphatic rings. The number of hydrogen-bond acceptors (Lipinski definition) is 5. The Kier molecular flexibility index (Phi) is 7.10. The smallest absolute Gasteiger partial charge is 0.410 e. The lowest BCUT2D eigenvalue weighted by atomic mass is 9.81. The quantitative estimate of drug-likeness (QED) is 0.742. The Morgan fingerprint density at radius 1 is 1.00 bits per heavy atom. The number of benzene rings is 1. The summed E-state index contributed by atoms with van der Waals surface area (Å²) in [7, 11) is 1.47. The van der Waals surface area contributed by atoms with Gasteiger partial charge in [-0.3, -0.25) is 9.69 Å². The molecule has 0 N–H and O–H groups in total. The Balaban J connectivity index is 1.34. The van der Waals surface area contributed by atoms with Crippen molar-refractivity contribution in [2.45, 2.75) is 32.3 Å². The van der Waals surface area contributed by atoms with Crippen molar-refractivity contribution >= 4 is 12.1 Å². The molecule has 6 heteroatoms. The number of piperazine rings is 1. The Morgan fingerprint density at radius 2 is 1.67 bits per heavy atom. The number of methoxy groups -OCH3 is 1. The number of amides is 1. The minimum atomic E-state index is -0.225. The fraction of sp³-hybridized carbons (Fsp3) is 0.619. The van der Waals surface area contributed by atoms with Gasteiger partial charge in [-0.2, -0.15) is 0 Å². The summed E-state index contributed by atoms with van der Waals surface area (Å²) in [5, 5.41) is 0. The standard InChI is InChI=1S/C21H30N2O4/c1-26-20(24)19-9-7-17(8-10-19)15-22-11-13-23(14-12-22)21(25)27-16-18-5-3-2-4-6-18/h2-6,17,19H,7-16H2,1H3. The van der Waals surface area contributed by atoms with Crippen molar-refractivity contribution in [3.05, 3.63) is 35.9 Å². The van der Waals surface area contributed by atoms with Crippen molar-refractivity contribution in [2.24, 2.45) is 11.8 Å². The molecule has 1 aromatic carbocycles. The molecule has 1 amide bonds. The molecule has 0 atom stereocenters. The fourth-order valence-electron chi connectivity index (χ4n) is 4.04. The van der Waals surface area contributed by atoms with Gasteiger partial charge in [0, 0.05) is 32.7 Å². The molecular weight excluding hydrogens is 344 g/mol. The van der Waals surface area contributed by atoms with Crippen LogP contribution in [0.15, 0.2) is 30.3 Å². The predicted octanol–water partition coefficient (Wildman–Crippen LogP) is 2.92. The number of nitrogens with zero attached hydrogens (tertiary/aromatic N) is 2. The van der Waals surface area contributed by atoms with Gasteiger partial charge in [0.2, 0.25) is 0 Å². The number of esters is 1. The number of rotatable bonds is 5. The van der Waals surface area contributed by atoms with E-state index in [1.54, 1.807) is 4.90 Å². The van der Waals surface area contributed by atoms with E-state index in [2.05, 4.69) is 4.90 Å². The Hall–Kier alpha value is -2.08. The van der Waals surface area contributed by atoms with Crippen LogP contribution in [0.2, 0.25) is 0 Å². The van der Waals surface area contributed by atoms with E-state index in [0.717, 1.165) is 50.9 Å². The number of carbonyl (C=O) groups is 2. The third-order valence-corrected chi connectivity index (χ3v) is 5.73. The molecule has 1 heterocycles. The van der Waals surface area contributed by atoms with Crippen LogP contribution in [0.4, 0.5) is 4.79 Å². The molecule has 27 heavy (non-hydrogen) atoms. The van der Waals surface area contributed by atoms with Crippen LogP contribution in [-0.4, -0.2) is 61.7 Å². The minimum Gasteiger partial charge on any atom is -0.469 e. The maximum absolute atomic E-state index is 12.2. The van der Waals surface area contributed by atoms with E-state index in [1.807, 2.05) is 30.3 Å². The molecule has 0 unspecified atom stereocenters. The maximum Gasteiger partial charge on any atom is 0.410 e. The molecule has 0 bridgehead atoms. The van der Waals surface area contributed by atoms with Crippen LogP contribution in [-0.2, 0) is 20.9 Å². The van der Waals surface area contributed by atoms with Crippen molar-refractivity contribution in [3.8, 4) is 0 Å². The van der Waals surface area contributed by atoms with E-state index in [9.17, 15) is 9.59 Å². The van der Waals surface area contributed by atoms with Gasteiger partial charge >= 0.3 is 12.1 Å². The highest BCUT2D eigenvalue weighted by Crippen LogP contribution is 2.30. The van der Waals surface area contributed by atoms with Gasteiger partial charge in [-0.25, -0.2) is 4.79 Å². The lowest BCUT2D eigenvalue weighted by molar-refractivity contribution is -0.146. The molecule has 1 saturated carbocycles. The van der Waals surface area contributed by atoms with Crippen LogP contribution in [0.3, 0.4) is 0 Å². The summed E-state index contributed by atoms with van der Waals surface area (Å²) < 4.78 is 10.3. The van der Waals surface area contributed by atoms with Crippen molar-refractivity contribution in [3.63, 3.8) is 0 Å². The largest absolute Gasteiger partial charge is 0.469 e. The average Bonchev–Trinajstić information content (AvgIpc) is 2.73. The summed E-state index contributed by atoms with van der Waals surface area (Å²) in [5.74, 6) is 0.668. The van der Waals surface area contributed by atoms with E-state index >= 15 is 0 Å². The lowest BCUT2D eigenvalue weighted by Crippen LogP contribution is -2.50. The van der Waals surface area contributed by atoms with Crippen molar-refractivity contribution in [1.29, 1.82) is 0 Å². The van der Waals surface area contributed by atoms with Crippen molar-refractivity contribution in [1.82, 2.24) is 9.80 Å². The van der Waals surface area contributed by atoms with Crippen molar-refractivity contribution in [2.75, 3.05) is 39.8 Å². The van der Waals surface area contributed by atoms with Gasteiger partial charge in [-0.15, -0.1) is 0 Å². The van der Waals surface area contributed by atoms with Crippen LogP contribution < -0.4 is 0 Å². The molecule has 2 fully saturated rings. The molecule has 1 aliphatic heterocycles. The third kappa shape index (κ3) is 5.70. The fourth-order valence-corrected chi connectivity index (χ4v) is 4.04. The summed E-state index contributed by atoms with van der Waals surface area (Å²) >= 11 is 0. The monoisotopic (exact) mass is 374 g/mol. The van der Waals surface area contributed by atoms with Gasteiger partial charge in [0.1, 0.15) is 6.61 Å². The summed E-state index contributed by atoms with van der Waals surface area (Å²) in [6.45, 7) is 4.58. The van der Waals surface area contributed by atoms with Crippen molar-refractivity contribution < 1.29 is 19.1 Å². The van der Waals surface area contributed by atoms with Gasteiger partial charge in [0.25, 0.3) is 0 Å². The summed E-state index contributed by atoms with van der Waals surface area (Å²) in [6, 6.07) is 9.76. The number of ether oxygens (including phenoxy) is 2. The molecule has 1 aliphatic carbocycles. The zero-order chi connectivity index (χ0) is 19.1. The first kappa shape index (κ1) is 19.7. The Bertz CT molecular complexity index is 606. The molecular formula is C21H30N2O4. The van der Waals surface area contributed by atoms with Crippen LogP contribution >= 0.6 is 0 Å². The second-order valence-corrected chi connectivity index (χ2v) is 7.57. The lowest BCUT2D eigenvalue weighted by Gasteiger charge is -2.37. The molecule has 0 radical (unpaired) electrons. The van der Waals surface area contributed by atoms with Gasteiger partial charge in [0.15, 0.2) is 0 Å². The molecule has 3 rings (SSSR count). The second-order valence-electron chi connectivity index (χ2n) is 7.57. The van der Waals surface area contributed by atoms with E-state index < -0.39 is 0 Å². The third-order valence-electron chi connectivity index (χ3n) is 5.73. The minimum absolute atomic E-state index is 0.0592. The van der Waals surface area contributed by atoms with E-state index in [0.29, 0.717) is 25.6 Å². The molecule has 148 valence electrons. The average molecular weight is 374 g/mol. The first-order valence-corrected chi connectivity index (χ1v) is 9.91. The predicted molar refractivity (Wildman–Crippen MR) is 102 cm³/mol. The normalized spacial score (nSPS) is 23.7. The van der Waals surface area contributed by atoms with Gasteiger partial charge in [-0.05, 0) is 37.2 Å². The Labute approximate surface area is 161 Å². The summed E-state index contributed by atoms with van der Waals surface area (Å²) in [4.78, 5) is 28.1. The SMILES string of the molecule is COC(=O)C1CCC(CN2CCN(C(=O)OCc3ccccc3)CC2)CC1. The molecule has 0 aromatic heterocycles. The molecule has 0 spiro atoms. The van der Waals surface area contributed by atoms with Gasteiger partial charge in [0.05, 0.1) is 13.0 Å². The first-order valence-electron chi connectivity index (χ1n) is 9.91. The van der Waals surface area contributed by atoms with Crippen LogP contribution in [0.5, 0.6) is 0 Å². The number of carbonyl (C=O) groups excluding carboxylic acids is 2. The summed E-state index contributed by atoms with van der Waals surface area (Å²) in [6.07, 6.45) is 3.81. The van der Waals surface area contributed by atoms with Gasteiger partial charge < -0.3 is 14.4 Å². The highest BCUT2D eigenvalue weighted by Gasteiger charge is 2.29. The van der Waals surface area contributed by atoms with E-state index in [1.165, 1.54) is 7.11 Å². The van der Waals surface area contributed by atoms with Crippen LogP contribution in [0.1, 0.15) is 31.2 Å². The highest BCUT2D eigenvalue weighted by atomic mass is 16.6. The van der Waals surface area contributed by atoms with E-state index in [4.69, 9.17) is 9.47 Å². The zero-order valence-electron chi connectivity index (χ0n) is 16.1. The summed E-state index contributed by atoms with van der Waals surface area (Å²) in [5.41, 5.74) is 1.01. The highest BCUT2D eigenvalue weighted by molar-refractivity contribution is 5.72. The molecule has 6 nitrogen and oxygen atoms in total. The second kappa shape index (κ2) is 9.74. The molecule has 1 aromatic rings. The van der Waals surface area contributed by atoms with E-state index in [-0.39, 0.29) is 18.0 Å². The number of hydrogen-bond donors (Lipinski definition) is 0. The van der Waals surface area contributed by atoms with Gasteiger partial charge in [-0.1, -0.05) is 30.3 Å². The topological polar surface area (TPSA) is 59.1 Å². The molecule has 1 saturated heterocycles. The Morgan fingerprint density at radius 3 is 2.30 bits per heavy atom. The zero-order valence-corrected chi connectivity index (χ0v) is 16.1.